The van der Waals surface area contributed by atoms with Crippen LogP contribution in [-0.2, 0) is 18.4 Å². The van der Waals surface area contributed by atoms with E-state index >= 15 is 0 Å². The lowest BCUT2D eigenvalue weighted by Gasteiger charge is -2.25. The minimum atomic E-state index is 0.0567. The van der Waals surface area contributed by atoms with Crippen LogP contribution in [0.4, 0.5) is 0 Å². The number of hydrogen-bond donors (Lipinski definition) is 2. The molecule has 0 saturated heterocycles. The van der Waals surface area contributed by atoms with E-state index in [1.807, 2.05) is 23.7 Å². The third-order valence-corrected chi connectivity index (χ3v) is 4.88. The molecule has 0 saturated carbocycles. The van der Waals surface area contributed by atoms with Crippen molar-refractivity contribution in [1.29, 1.82) is 0 Å². The van der Waals surface area contributed by atoms with Crippen LogP contribution < -0.4 is 15.4 Å². The molecule has 2 heterocycles. The second-order valence-electron chi connectivity index (χ2n) is 8.23. The van der Waals surface area contributed by atoms with Gasteiger partial charge in [-0.05, 0) is 30.4 Å². The number of aliphatic imine (C=N–C) groups is 1. The van der Waals surface area contributed by atoms with Crippen LogP contribution in [0.1, 0.15) is 44.4 Å². The first-order valence-electron chi connectivity index (χ1n) is 9.96. The van der Waals surface area contributed by atoms with Crippen LogP contribution >= 0.6 is 0 Å². The normalized spacial score (nSPS) is 17.2. The standard InChI is InChI=1S/C21H32N6O/c1-15-24-19-11-10-16(14-27(19)26-15)25-20(22-5)23-12-13-28-18-9-7-6-8-17(18)21(2,3)4/h6-9,16H,10-14H2,1-5H3,(H2,22,23,25). The summed E-state index contributed by atoms with van der Waals surface area (Å²) in [6.45, 7) is 10.6. The van der Waals surface area contributed by atoms with E-state index in [0.29, 0.717) is 19.2 Å². The molecule has 2 aromatic rings. The van der Waals surface area contributed by atoms with Crippen LogP contribution in [0.2, 0.25) is 0 Å². The maximum atomic E-state index is 6.03. The van der Waals surface area contributed by atoms with Crippen LogP contribution in [0.15, 0.2) is 29.3 Å². The van der Waals surface area contributed by atoms with Crippen LogP contribution in [0, 0.1) is 6.92 Å². The van der Waals surface area contributed by atoms with Gasteiger partial charge in [0, 0.05) is 19.5 Å². The first-order valence-corrected chi connectivity index (χ1v) is 9.96. The van der Waals surface area contributed by atoms with Crippen molar-refractivity contribution in [2.24, 2.45) is 4.99 Å². The maximum Gasteiger partial charge on any atom is 0.191 e. The highest BCUT2D eigenvalue weighted by atomic mass is 16.5. The van der Waals surface area contributed by atoms with Crippen molar-refractivity contribution in [3.63, 3.8) is 0 Å². The number of aromatic nitrogens is 3. The van der Waals surface area contributed by atoms with Gasteiger partial charge in [0.15, 0.2) is 5.96 Å². The van der Waals surface area contributed by atoms with Gasteiger partial charge in [-0.2, -0.15) is 5.10 Å². The lowest BCUT2D eigenvalue weighted by atomic mass is 9.86. The zero-order chi connectivity index (χ0) is 20.1. The predicted molar refractivity (Wildman–Crippen MR) is 112 cm³/mol. The average molecular weight is 385 g/mol. The summed E-state index contributed by atoms with van der Waals surface area (Å²) in [6.07, 6.45) is 1.95. The molecular weight excluding hydrogens is 352 g/mol. The van der Waals surface area contributed by atoms with E-state index in [9.17, 15) is 0 Å². The Labute approximate surface area is 167 Å². The van der Waals surface area contributed by atoms with Crippen molar-refractivity contribution < 1.29 is 4.74 Å². The Morgan fingerprint density at radius 3 is 2.86 bits per heavy atom. The highest BCUT2D eigenvalue weighted by Gasteiger charge is 2.21. The van der Waals surface area contributed by atoms with Gasteiger partial charge < -0.3 is 15.4 Å². The van der Waals surface area contributed by atoms with Crippen molar-refractivity contribution in [1.82, 2.24) is 25.4 Å². The first-order chi connectivity index (χ1) is 13.4. The number of aryl methyl sites for hydroxylation is 2. The number of ether oxygens (including phenoxy) is 1. The summed E-state index contributed by atoms with van der Waals surface area (Å²) in [5.74, 6) is 3.65. The molecule has 3 rings (SSSR count). The molecule has 7 nitrogen and oxygen atoms in total. The summed E-state index contributed by atoms with van der Waals surface area (Å²) in [6, 6.07) is 8.54. The number of hydrogen-bond acceptors (Lipinski definition) is 4. The van der Waals surface area contributed by atoms with Crippen molar-refractivity contribution in [2.45, 2.75) is 58.5 Å². The van der Waals surface area contributed by atoms with Gasteiger partial charge in [0.1, 0.15) is 24.0 Å². The van der Waals surface area contributed by atoms with Crippen molar-refractivity contribution in [3.05, 3.63) is 41.5 Å². The Hall–Kier alpha value is -2.57. The molecule has 0 spiro atoms. The topological polar surface area (TPSA) is 76.4 Å². The molecule has 28 heavy (non-hydrogen) atoms. The number of rotatable bonds is 5. The predicted octanol–water partition coefficient (Wildman–Crippen LogP) is 2.44. The maximum absolute atomic E-state index is 6.03. The summed E-state index contributed by atoms with van der Waals surface area (Å²) in [7, 11) is 1.79. The molecule has 0 amide bonds. The third kappa shape index (κ3) is 5.03. The molecule has 1 unspecified atom stereocenters. The highest BCUT2D eigenvalue weighted by molar-refractivity contribution is 5.79. The Kier molecular flexibility index (Phi) is 6.21. The van der Waals surface area contributed by atoms with Crippen LogP contribution in [-0.4, -0.2) is 47.0 Å². The second-order valence-corrected chi connectivity index (χ2v) is 8.23. The molecule has 7 heteroatoms. The van der Waals surface area contributed by atoms with Crippen LogP contribution in [0.25, 0.3) is 0 Å². The summed E-state index contributed by atoms with van der Waals surface area (Å²) < 4.78 is 8.03. The summed E-state index contributed by atoms with van der Waals surface area (Å²) in [5.41, 5.74) is 1.28. The number of guanidine groups is 1. The quantitative estimate of drug-likeness (QED) is 0.470. The van der Waals surface area contributed by atoms with Gasteiger partial charge >= 0.3 is 0 Å². The van der Waals surface area contributed by atoms with E-state index in [-0.39, 0.29) is 5.41 Å². The zero-order valence-corrected chi connectivity index (χ0v) is 17.6. The molecule has 0 aliphatic carbocycles. The summed E-state index contributed by atoms with van der Waals surface area (Å²) in [4.78, 5) is 8.80. The van der Waals surface area contributed by atoms with Gasteiger partial charge in [0.05, 0.1) is 13.1 Å². The molecule has 152 valence electrons. The van der Waals surface area contributed by atoms with Gasteiger partial charge in [0.25, 0.3) is 0 Å². The molecule has 0 radical (unpaired) electrons. The molecule has 1 aromatic carbocycles. The van der Waals surface area contributed by atoms with Gasteiger partial charge in [-0.1, -0.05) is 39.0 Å². The fraction of sp³-hybridized carbons (Fsp3) is 0.571. The van der Waals surface area contributed by atoms with Crippen molar-refractivity contribution in [2.75, 3.05) is 20.2 Å². The van der Waals surface area contributed by atoms with E-state index in [4.69, 9.17) is 4.74 Å². The SMILES string of the molecule is CN=C(NCCOc1ccccc1C(C)(C)C)NC1CCc2nc(C)nn2C1. The number of para-hydroxylation sites is 1. The Morgan fingerprint density at radius 1 is 1.32 bits per heavy atom. The molecule has 0 bridgehead atoms. The Balaban J connectivity index is 1.47. The number of nitrogens with one attached hydrogen (secondary N) is 2. The van der Waals surface area contributed by atoms with Gasteiger partial charge in [-0.3, -0.25) is 4.99 Å². The summed E-state index contributed by atoms with van der Waals surface area (Å²) >= 11 is 0. The van der Waals surface area contributed by atoms with E-state index in [1.54, 1.807) is 7.05 Å². The lowest BCUT2D eigenvalue weighted by Crippen LogP contribution is -2.47. The number of nitrogens with zero attached hydrogens (tertiary/aromatic N) is 4. The molecular formula is C21H32N6O. The lowest BCUT2D eigenvalue weighted by molar-refractivity contribution is 0.312. The molecule has 1 aromatic heterocycles. The van der Waals surface area contributed by atoms with Gasteiger partial charge in [-0.25, -0.2) is 9.67 Å². The number of fused-ring (bicyclic) bond motifs is 1. The van der Waals surface area contributed by atoms with E-state index < -0.39 is 0 Å². The van der Waals surface area contributed by atoms with E-state index in [2.05, 4.69) is 58.6 Å². The second kappa shape index (κ2) is 8.63. The minimum Gasteiger partial charge on any atom is -0.491 e. The van der Waals surface area contributed by atoms with Crippen molar-refractivity contribution >= 4 is 5.96 Å². The zero-order valence-electron chi connectivity index (χ0n) is 17.6. The smallest absolute Gasteiger partial charge is 0.191 e. The van der Waals surface area contributed by atoms with E-state index in [1.165, 1.54) is 5.56 Å². The first kappa shape index (κ1) is 20.2. The highest BCUT2D eigenvalue weighted by Crippen LogP contribution is 2.30. The average Bonchev–Trinajstić information content (AvgIpc) is 3.03. The number of benzene rings is 1. The molecule has 1 atom stereocenters. The minimum absolute atomic E-state index is 0.0567. The fourth-order valence-electron chi connectivity index (χ4n) is 3.48. The fourth-order valence-corrected chi connectivity index (χ4v) is 3.48. The van der Waals surface area contributed by atoms with Crippen LogP contribution in [0.3, 0.4) is 0 Å². The third-order valence-electron chi connectivity index (χ3n) is 4.88. The monoisotopic (exact) mass is 384 g/mol. The largest absolute Gasteiger partial charge is 0.491 e. The molecule has 1 aliphatic heterocycles. The van der Waals surface area contributed by atoms with Gasteiger partial charge in [0.2, 0.25) is 0 Å². The Morgan fingerprint density at radius 2 is 2.11 bits per heavy atom. The molecule has 1 aliphatic rings. The van der Waals surface area contributed by atoms with Gasteiger partial charge in [-0.15, -0.1) is 0 Å². The molecule has 0 fully saturated rings. The van der Waals surface area contributed by atoms with E-state index in [0.717, 1.165) is 42.7 Å². The Bertz CT molecular complexity index is 821. The van der Waals surface area contributed by atoms with Crippen LogP contribution in [0.5, 0.6) is 5.75 Å². The molecule has 2 N–H and O–H groups in total. The van der Waals surface area contributed by atoms with Crippen molar-refractivity contribution in [3.8, 4) is 5.75 Å². The summed E-state index contributed by atoms with van der Waals surface area (Å²) in [5, 5.41) is 11.3.